The van der Waals surface area contributed by atoms with Crippen molar-refractivity contribution in [2.75, 3.05) is 13.2 Å². The second-order valence-corrected chi connectivity index (χ2v) is 5.29. The molecule has 1 aliphatic rings. The van der Waals surface area contributed by atoms with E-state index >= 15 is 0 Å². The zero-order chi connectivity index (χ0) is 14.8. The van der Waals surface area contributed by atoms with Crippen LogP contribution in [0.4, 0.5) is 0 Å². The number of benzene rings is 3. The Labute approximate surface area is 129 Å². The summed E-state index contributed by atoms with van der Waals surface area (Å²) in [4.78, 5) is 0. The van der Waals surface area contributed by atoms with Crippen LogP contribution in [0.1, 0.15) is 0 Å². The van der Waals surface area contributed by atoms with Gasteiger partial charge in [-0.3, -0.25) is 0 Å². The number of fused-ring (bicyclic) bond motifs is 3. The van der Waals surface area contributed by atoms with Crippen molar-refractivity contribution in [2.45, 2.75) is 6.10 Å². The fourth-order valence-corrected chi connectivity index (χ4v) is 2.63. The normalized spacial score (nSPS) is 16.5. The molecule has 0 saturated carbocycles. The van der Waals surface area contributed by atoms with Crippen LogP contribution in [0.2, 0.25) is 0 Å². The van der Waals surface area contributed by atoms with Crippen molar-refractivity contribution >= 4 is 10.8 Å². The average molecular weight is 292 g/mol. The summed E-state index contributed by atoms with van der Waals surface area (Å²) in [6, 6.07) is 21.9. The lowest BCUT2D eigenvalue weighted by molar-refractivity contribution is 0.0552. The van der Waals surface area contributed by atoms with E-state index in [4.69, 9.17) is 14.2 Å². The van der Waals surface area contributed by atoms with Crippen molar-refractivity contribution in [1.29, 1.82) is 0 Å². The smallest absolute Gasteiger partial charge is 0.169 e. The quantitative estimate of drug-likeness (QED) is 0.728. The van der Waals surface area contributed by atoms with Crippen LogP contribution in [0, 0.1) is 0 Å². The SMILES string of the molecule is c1ccc(OCC2COc3ccc4ccccc4c3O2)cc1. The Kier molecular flexibility index (Phi) is 3.31. The third kappa shape index (κ3) is 2.46. The molecule has 0 bridgehead atoms. The van der Waals surface area contributed by atoms with E-state index in [1.54, 1.807) is 0 Å². The molecule has 1 atom stereocenters. The zero-order valence-electron chi connectivity index (χ0n) is 12.1. The number of hydrogen-bond acceptors (Lipinski definition) is 3. The van der Waals surface area contributed by atoms with Crippen molar-refractivity contribution in [3.05, 3.63) is 66.7 Å². The monoisotopic (exact) mass is 292 g/mol. The summed E-state index contributed by atoms with van der Waals surface area (Å²) < 4.78 is 17.7. The molecule has 0 amide bonds. The van der Waals surface area contributed by atoms with Gasteiger partial charge in [-0.15, -0.1) is 0 Å². The van der Waals surface area contributed by atoms with Crippen LogP contribution in [0.15, 0.2) is 66.7 Å². The molecule has 1 unspecified atom stereocenters. The summed E-state index contributed by atoms with van der Waals surface area (Å²) >= 11 is 0. The van der Waals surface area contributed by atoms with E-state index in [1.165, 1.54) is 0 Å². The highest BCUT2D eigenvalue weighted by atomic mass is 16.6. The number of ether oxygens (including phenoxy) is 3. The van der Waals surface area contributed by atoms with Crippen molar-refractivity contribution in [3.63, 3.8) is 0 Å². The van der Waals surface area contributed by atoms with Crippen molar-refractivity contribution in [3.8, 4) is 17.2 Å². The van der Waals surface area contributed by atoms with E-state index in [9.17, 15) is 0 Å². The molecule has 0 spiro atoms. The maximum Gasteiger partial charge on any atom is 0.169 e. The Hall–Kier alpha value is -2.68. The third-order valence-corrected chi connectivity index (χ3v) is 3.73. The molecular formula is C19H16O3. The van der Waals surface area contributed by atoms with Crippen LogP contribution in [-0.2, 0) is 0 Å². The Morgan fingerprint density at radius 3 is 2.64 bits per heavy atom. The topological polar surface area (TPSA) is 27.7 Å². The van der Waals surface area contributed by atoms with Crippen molar-refractivity contribution < 1.29 is 14.2 Å². The summed E-state index contributed by atoms with van der Waals surface area (Å²) in [6.45, 7) is 0.963. The molecule has 3 heteroatoms. The van der Waals surface area contributed by atoms with Gasteiger partial charge < -0.3 is 14.2 Å². The van der Waals surface area contributed by atoms with Gasteiger partial charge in [0.25, 0.3) is 0 Å². The third-order valence-electron chi connectivity index (χ3n) is 3.73. The van der Waals surface area contributed by atoms with Crippen molar-refractivity contribution in [1.82, 2.24) is 0 Å². The molecule has 3 aromatic carbocycles. The molecule has 1 aliphatic heterocycles. The summed E-state index contributed by atoms with van der Waals surface area (Å²) in [5, 5.41) is 2.22. The lowest BCUT2D eigenvalue weighted by Gasteiger charge is -2.27. The van der Waals surface area contributed by atoms with Gasteiger partial charge in [-0.2, -0.15) is 0 Å². The lowest BCUT2D eigenvalue weighted by atomic mass is 10.1. The number of hydrogen-bond donors (Lipinski definition) is 0. The van der Waals surface area contributed by atoms with E-state index in [0.29, 0.717) is 13.2 Å². The first-order chi connectivity index (χ1) is 10.9. The van der Waals surface area contributed by atoms with Gasteiger partial charge in [0.1, 0.15) is 19.0 Å². The van der Waals surface area contributed by atoms with Crippen LogP contribution >= 0.6 is 0 Å². The molecule has 0 aromatic heterocycles. The van der Waals surface area contributed by atoms with E-state index < -0.39 is 0 Å². The molecule has 22 heavy (non-hydrogen) atoms. The first-order valence-corrected chi connectivity index (χ1v) is 7.39. The summed E-state index contributed by atoms with van der Waals surface area (Å²) in [7, 11) is 0. The summed E-state index contributed by atoms with van der Waals surface area (Å²) in [6.07, 6.45) is -0.112. The second kappa shape index (κ2) is 5.60. The largest absolute Gasteiger partial charge is 0.490 e. The van der Waals surface area contributed by atoms with Gasteiger partial charge in [-0.25, -0.2) is 0 Å². The second-order valence-electron chi connectivity index (χ2n) is 5.29. The highest BCUT2D eigenvalue weighted by Gasteiger charge is 2.23. The highest BCUT2D eigenvalue weighted by Crippen LogP contribution is 2.38. The fourth-order valence-electron chi connectivity index (χ4n) is 2.63. The maximum atomic E-state index is 6.12. The standard InChI is InChI=1S/C19H16O3/c1-2-7-15(8-3-1)20-12-16-13-21-18-11-10-14-6-4-5-9-17(14)19(18)22-16/h1-11,16H,12-13H2. The zero-order valence-corrected chi connectivity index (χ0v) is 12.1. The molecule has 3 nitrogen and oxygen atoms in total. The van der Waals surface area contributed by atoms with Gasteiger partial charge in [0, 0.05) is 5.39 Å². The molecule has 0 saturated heterocycles. The van der Waals surface area contributed by atoms with Gasteiger partial charge in [0.05, 0.1) is 0 Å². The van der Waals surface area contributed by atoms with E-state index in [2.05, 4.69) is 18.2 Å². The van der Waals surface area contributed by atoms with Gasteiger partial charge in [-0.05, 0) is 23.6 Å². The van der Waals surface area contributed by atoms with E-state index in [0.717, 1.165) is 28.0 Å². The molecule has 1 heterocycles. The van der Waals surface area contributed by atoms with Crippen molar-refractivity contribution in [2.24, 2.45) is 0 Å². The molecule has 0 N–H and O–H groups in total. The minimum Gasteiger partial charge on any atom is -0.490 e. The lowest BCUT2D eigenvalue weighted by Crippen LogP contribution is -2.34. The molecule has 110 valence electrons. The first kappa shape index (κ1) is 13.0. The predicted octanol–water partition coefficient (Wildman–Crippen LogP) is 4.06. The molecular weight excluding hydrogens is 276 g/mol. The minimum absolute atomic E-state index is 0.112. The fraction of sp³-hybridized carbons (Fsp3) is 0.158. The summed E-state index contributed by atoms with van der Waals surface area (Å²) in [5.74, 6) is 2.45. The van der Waals surface area contributed by atoms with Crippen LogP contribution in [0.3, 0.4) is 0 Å². The molecule has 0 fully saturated rings. The highest BCUT2D eigenvalue weighted by molar-refractivity contribution is 5.90. The van der Waals surface area contributed by atoms with Crippen LogP contribution in [0.5, 0.6) is 17.2 Å². The first-order valence-electron chi connectivity index (χ1n) is 7.39. The molecule has 0 radical (unpaired) electrons. The Morgan fingerprint density at radius 1 is 0.909 bits per heavy atom. The maximum absolute atomic E-state index is 6.12. The van der Waals surface area contributed by atoms with Crippen LogP contribution < -0.4 is 14.2 Å². The Bertz CT molecular complexity index is 783. The predicted molar refractivity (Wildman–Crippen MR) is 85.8 cm³/mol. The van der Waals surface area contributed by atoms with Crippen LogP contribution in [-0.4, -0.2) is 19.3 Å². The number of rotatable bonds is 3. The van der Waals surface area contributed by atoms with E-state index in [1.807, 2.05) is 48.5 Å². The van der Waals surface area contributed by atoms with Gasteiger partial charge >= 0.3 is 0 Å². The van der Waals surface area contributed by atoms with Gasteiger partial charge in [-0.1, -0.05) is 48.5 Å². The van der Waals surface area contributed by atoms with Crippen LogP contribution in [0.25, 0.3) is 10.8 Å². The summed E-state index contributed by atoms with van der Waals surface area (Å²) in [5.41, 5.74) is 0. The van der Waals surface area contributed by atoms with Gasteiger partial charge in [0.2, 0.25) is 0 Å². The van der Waals surface area contributed by atoms with Gasteiger partial charge in [0.15, 0.2) is 17.6 Å². The molecule has 4 rings (SSSR count). The number of para-hydroxylation sites is 1. The molecule has 3 aromatic rings. The molecule has 0 aliphatic carbocycles. The Morgan fingerprint density at radius 2 is 1.73 bits per heavy atom. The minimum atomic E-state index is -0.112. The van der Waals surface area contributed by atoms with E-state index in [-0.39, 0.29) is 6.10 Å². The average Bonchev–Trinajstić information content (AvgIpc) is 2.60. The Balaban J connectivity index is 1.54.